The number of nitrogens with two attached hydrogens (primary N) is 1. The van der Waals surface area contributed by atoms with Crippen molar-refractivity contribution >= 4 is 45.7 Å². The molecule has 0 aromatic carbocycles. The SMILES string of the molecule is CNC(=O)c1sc(N2CCSCC2)c(C(=O)OC)c1N. The Hall–Kier alpha value is -1.41. The Labute approximate surface area is 125 Å². The topological polar surface area (TPSA) is 84.7 Å². The third-order valence-corrected chi connectivity index (χ3v) is 5.26. The third kappa shape index (κ3) is 2.71. The molecule has 0 spiro atoms. The molecule has 0 saturated carbocycles. The van der Waals surface area contributed by atoms with Crippen molar-refractivity contribution in [3.8, 4) is 0 Å². The molecule has 1 aliphatic rings. The summed E-state index contributed by atoms with van der Waals surface area (Å²) in [7, 11) is 2.85. The van der Waals surface area contributed by atoms with E-state index in [1.165, 1.54) is 25.5 Å². The van der Waals surface area contributed by atoms with Gasteiger partial charge in [-0.15, -0.1) is 11.3 Å². The van der Waals surface area contributed by atoms with Gasteiger partial charge in [0.25, 0.3) is 5.91 Å². The van der Waals surface area contributed by atoms with Crippen molar-refractivity contribution in [3.63, 3.8) is 0 Å². The zero-order valence-electron chi connectivity index (χ0n) is 11.4. The molecule has 3 N–H and O–H groups in total. The molecule has 1 fully saturated rings. The second-order valence-electron chi connectivity index (χ2n) is 4.20. The summed E-state index contributed by atoms with van der Waals surface area (Å²) in [6, 6.07) is 0. The number of thioether (sulfide) groups is 1. The predicted octanol–water partition coefficient (Wildman–Crippen LogP) is 1.03. The maximum atomic E-state index is 12.0. The second-order valence-corrected chi connectivity index (χ2v) is 6.42. The van der Waals surface area contributed by atoms with E-state index in [0.29, 0.717) is 10.4 Å². The van der Waals surface area contributed by atoms with Gasteiger partial charge in [0.1, 0.15) is 15.4 Å². The van der Waals surface area contributed by atoms with Gasteiger partial charge in [-0.3, -0.25) is 4.79 Å². The first-order chi connectivity index (χ1) is 9.60. The average Bonchev–Trinajstić information content (AvgIpc) is 2.84. The van der Waals surface area contributed by atoms with Crippen molar-refractivity contribution in [2.75, 3.05) is 49.4 Å². The Kier molecular flexibility index (Phi) is 4.77. The summed E-state index contributed by atoms with van der Waals surface area (Å²) in [5.74, 6) is 1.21. The summed E-state index contributed by atoms with van der Waals surface area (Å²) in [5.41, 5.74) is 6.49. The van der Waals surface area contributed by atoms with Gasteiger partial charge < -0.3 is 20.7 Å². The van der Waals surface area contributed by atoms with Gasteiger partial charge in [-0.25, -0.2) is 4.79 Å². The summed E-state index contributed by atoms with van der Waals surface area (Å²) in [4.78, 5) is 26.3. The molecule has 2 heterocycles. The Bertz CT molecular complexity index is 524. The fourth-order valence-corrected chi connectivity index (χ4v) is 4.11. The summed E-state index contributed by atoms with van der Waals surface area (Å²) >= 11 is 3.12. The van der Waals surface area contributed by atoms with Gasteiger partial charge in [-0.1, -0.05) is 0 Å². The molecule has 110 valence electrons. The van der Waals surface area contributed by atoms with Crippen LogP contribution in [0.1, 0.15) is 20.0 Å². The van der Waals surface area contributed by atoms with Crippen molar-refractivity contribution in [1.29, 1.82) is 0 Å². The van der Waals surface area contributed by atoms with E-state index < -0.39 is 5.97 Å². The molecule has 1 saturated heterocycles. The fourth-order valence-electron chi connectivity index (χ4n) is 2.00. The third-order valence-electron chi connectivity index (χ3n) is 3.05. The number of esters is 1. The standard InChI is InChI=1S/C12H17N3O3S2/c1-14-10(16)9-8(13)7(12(17)18-2)11(20-9)15-3-5-19-6-4-15/h3-6,13H2,1-2H3,(H,14,16). The second kappa shape index (κ2) is 6.36. The number of thiophene rings is 1. The molecule has 1 aliphatic heterocycles. The van der Waals surface area contributed by atoms with Gasteiger partial charge in [0.15, 0.2) is 0 Å². The molecule has 0 unspecified atom stereocenters. The normalized spacial score (nSPS) is 15.0. The number of methoxy groups -OCH3 is 1. The number of nitrogen functional groups attached to an aromatic ring is 1. The number of carbonyl (C=O) groups excluding carboxylic acids is 2. The molecular weight excluding hydrogens is 298 g/mol. The Morgan fingerprint density at radius 3 is 2.55 bits per heavy atom. The molecule has 6 nitrogen and oxygen atoms in total. The van der Waals surface area contributed by atoms with Crippen LogP contribution in [-0.4, -0.2) is 50.6 Å². The van der Waals surface area contributed by atoms with E-state index in [4.69, 9.17) is 10.5 Å². The highest BCUT2D eigenvalue weighted by Gasteiger charge is 2.29. The van der Waals surface area contributed by atoms with Gasteiger partial charge in [-0.2, -0.15) is 11.8 Å². The van der Waals surface area contributed by atoms with Gasteiger partial charge in [0.2, 0.25) is 0 Å². The maximum Gasteiger partial charge on any atom is 0.343 e. The van der Waals surface area contributed by atoms with Crippen molar-refractivity contribution in [3.05, 3.63) is 10.4 Å². The van der Waals surface area contributed by atoms with Crippen LogP contribution in [0, 0.1) is 0 Å². The first-order valence-electron chi connectivity index (χ1n) is 6.15. The lowest BCUT2D eigenvalue weighted by molar-refractivity contribution is 0.0603. The molecule has 8 heteroatoms. The highest BCUT2D eigenvalue weighted by atomic mass is 32.2. The molecule has 1 aromatic heterocycles. The van der Waals surface area contributed by atoms with Crippen LogP contribution in [0.15, 0.2) is 0 Å². The highest BCUT2D eigenvalue weighted by molar-refractivity contribution is 7.99. The lowest BCUT2D eigenvalue weighted by atomic mass is 10.2. The van der Waals surface area contributed by atoms with Crippen molar-refractivity contribution in [2.45, 2.75) is 0 Å². The molecule has 1 aromatic rings. The fraction of sp³-hybridized carbons (Fsp3) is 0.500. The molecule has 0 bridgehead atoms. The van der Waals surface area contributed by atoms with Crippen LogP contribution in [0.4, 0.5) is 10.7 Å². The van der Waals surface area contributed by atoms with E-state index in [-0.39, 0.29) is 11.6 Å². The average molecular weight is 315 g/mol. The predicted molar refractivity (Wildman–Crippen MR) is 83.0 cm³/mol. The zero-order valence-corrected chi connectivity index (χ0v) is 13.0. The van der Waals surface area contributed by atoms with Crippen LogP contribution in [0.25, 0.3) is 0 Å². The van der Waals surface area contributed by atoms with Crippen LogP contribution in [0.2, 0.25) is 0 Å². The number of rotatable bonds is 3. The van der Waals surface area contributed by atoms with Crippen LogP contribution in [-0.2, 0) is 4.74 Å². The van der Waals surface area contributed by atoms with E-state index in [2.05, 4.69) is 10.2 Å². The Morgan fingerprint density at radius 2 is 2.00 bits per heavy atom. The number of hydrogen-bond acceptors (Lipinski definition) is 7. The van der Waals surface area contributed by atoms with Gasteiger partial charge in [0, 0.05) is 31.6 Å². The molecule has 2 rings (SSSR count). The van der Waals surface area contributed by atoms with Crippen LogP contribution in [0.5, 0.6) is 0 Å². The highest BCUT2D eigenvalue weighted by Crippen LogP contribution is 2.39. The van der Waals surface area contributed by atoms with E-state index in [1.54, 1.807) is 0 Å². The van der Waals surface area contributed by atoms with Crippen molar-refractivity contribution in [1.82, 2.24) is 5.32 Å². The minimum absolute atomic E-state index is 0.203. The van der Waals surface area contributed by atoms with Gasteiger partial charge in [0.05, 0.1) is 12.8 Å². The molecule has 1 amide bonds. The number of nitrogens with zero attached hydrogens (tertiary/aromatic N) is 1. The molecule has 0 atom stereocenters. The molecular formula is C12H17N3O3S2. The minimum Gasteiger partial charge on any atom is -0.465 e. The van der Waals surface area contributed by atoms with E-state index >= 15 is 0 Å². The van der Waals surface area contributed by atoms with E-state index in [0.717, 1.165) is 29.6 Å². The van der Waals surface area contributed by atoms with Crippen molar-refractivity contribution in [2.24, 2.45) is 0 Å². The van der Waals surface area contributed by atoms with Crippen LogP contribution in [0.3, 0.4) is 0 Å². The summed E-state index contributed by atoms with van der Waals surface area (Å²) < 4.78 is 4.80. The maximum absolute atomic E-state index is 12.0. The van der Waals surface area contributed by atoms with Gasteiger partial charge >= 0.3 is 5.97 Å². The summed E-state index contributed by atoms with van der Waals surface area (Å²) in [6.07, 6.45) is 0. The quantitative estimate of drug-likeness (QED) is 0.811. The number of hydrogen-bond donors (Lipinski definition) is 2. The first kappa shape index (κ1) is 15.0. The van der Waals surface area contributed by atoms with Crippen molar-refractivity contribution < 1.29 is 14.3 Å². The van der Waals surface area contributed by atoms with E-state index in [1.807, 2.05) is 11.8 Å². The smallest absolute Gasteiger partial charge is 0.343 e. The largest absolute Gasteiger partial charge is 0.465 e. The number of ether oxygens (including phenoxy) is 1. The first-order valence-corrected chi connectivity index (χ1v) is 8.12. The number of carbonyl (C=O) groups is 2. The zero-order chi connectivity index (χ0) is 14.7. The Morgan fingerprint density at radius 1 is 1.35 bits per heavy atom. The minimum atomic E-state index is -0.498. The monoisotopic (exact) mass is 315 g/mol. The van der Waals surface area contributed by atoms with Gasteiger partial charge in [-0.05, 0) is 0 Å². The number of amides is 1. The number of anilines is 2. The summed E-state index contributed by atoms with van der Waals surface area (Å²) in [6.45, 7) is 1.67. The number of nitrogens with one attached hydrogen (secondary N) is 1. The van der Waals surface area contributed by atoms with Crippen LogP contribution >= 0.6 is 23.1 Å². The molecule has 20 heavy (non-hydrogen) atoms. The lowest BCUT2D eigenvalue weighted by Gasteiger charge is -2.27. The van der Waals surface area contributed by atoms with Crippen LogP contribution < -0.4 is 16.0 Å². The van der Waals surface area contributed by atoms with E-state index in [9.17, 15) is 9.59 Å². The summed E-state index contributed by atoms with van der Waals surface area (Å²) in [5, 5.41) is 3.27. The Balaban J connectivity index is 2.47. The lowest BCUT2D eigenvalue weighted by Crippen LogP contribution is -2.32. The molecule has 0 radical (unpaired) electrons. The molecule has 0 aliphatic carbocycles.